The Balaban J connectivity index is 1.53. The standard InChI is InChI=1S/C23H18N4O3S/c1-14-11-12-20(30-14)22(29)26-27-23(31)25-21(28)17-13-19(15-7-3-2-4-8-15)24-18-10-6-5-9-16(17)18/h2-13H,1H3,(H,26,29)(H2,25,27,28,31). The van der Waals surface area contributed by atoms with E-state index >= 15 is 0 Å². The molecular formula is C23H18N4O3S. The van der Waals surface area contributed by atoms with Crippen LogP contribution < -0.4 is 16.2 Å². The fourth-order valence-electron chi connectivity index (χ4n) is 3.05. The van der Waals surface area contributed by atoms with E-state index in [0.717, 1.165) is 5.56 Å². The summed E-state index contributed by atoms with van der Waals surface area (Å²) in [6, 6.07) is 21.9. The van der Waals surface area contributed by atoms with Gasteiger partial charge in [0.05, 0.1) is 16.8 Å². The first kappa shape index (κ1) is 20.2. The average Bonchev–Trinajstić information content (AvgIpc) is 3.23. The predicted molar refractivity (Wildman–Crippen MR) is 121 cm³/mol. The van der Waals surface area contributed by atoms with Gasteiger partial charge in [0.1, 0.15) is 5.76 Å². The van der Waals surface area contributed by atoms with Crippen molar-refractivity contribution < 1.29 is 14.0 Å². The lowest BCUT2D eigenvalue weighted by atomic mass is 10.0. The molecule has 0 spiro atoms. The Morgan fingerprint density at radius 1 is 0.903 bits per heavy atom. The quantitative estimate of drug-likeness (QED) is 0.338. The molecule has 0 unspecified atom stereocenters. The Kier molecular flexibility index (Phi) is 5.72. The first-order valence-electron chi connectivity index (χ1n) is 9.44. The number of aryl methyl sites for hydroxylation is 1. The maximum absolute atomic E-state index is 13.0. The van der Waals surface area contributed by atoms with Gasteiger partial charge in [0.25, 0.3) is 5.91 Å². The van der Waals surface area contributed by atoms with Crippen molar-refractivity contribution in [1.29, 1.82) is 0 Å². The SMILES string of the molecule is Cc1ccc(C(=O)NNC(=S)NC(=O)c2cc(-c3ccccc3)nc3ccccc23)o1. The molecule has 0 saturated carbocycles. The lowest BCUT2D eigenvalue weighted by Gasteiger charge is -2.12. The van der Waals surface area contributed by atoms with E-state index in [1.54, 1.807) is 25.1 Å². The van der Waals surface area contributed by atoms with Crippen LogP contribution in [-0.2, 0) is 0 Å². The van der Waals surface area contributed by atoms with Crippen LogP contribution in [0.3, 0.4) is 0 Å². The third-order valence-electron chi connectivity index (χ3n) is 4.51. The van der Waals surface area contributed by atoms with Crippen LogP contribution in [0.1, 0.15) is 26.7 Å². The minimum atomic E-state index is -0.509. The van der Waals surface area contributed by atoms with E-state index in [-0.39, 0.29) is 10.9 Å². The first-order valence-corrected chi connectivity index (χ1v) is 9.85. The molecule has 0 aliphatic rings. The van der Waals surface area contributed by atoms with E-state index in [1.807, 2.05) is 54.6 Å². The zero-order valence-electron chi connectivity index (χ0n) is 16.5. The van der Waals surface area contributed by atoms with E-state index in [4.69, 9.17) is 16.6 Å². The lowest BCUT2D eigenvalue weighted by molar-refractivity contribution is 0.0909. The van der Waals surface area contributed by atoms with Crippen molar-refractivity contribution in [3.63, 3.8) is 0 Å². The number of rotatable bonds is 3. The van der Waals surface area contributed by atoms with Gasteiger partial charge in [-0.05, 0) is 43.4 Å². The van der Waals surface area contributed by atoms with Crippen molar-refractivity contribution >= 4 is 40.0 Å². The highest BCUT2D eigenvalue weighted by Crippen LogP contribution is 2.24. The minimum absolute atomic E-state index is 0.0521. The number of para-hydroxylation sites is 1. The van der Waals surface area contributed by atoms with Gasteiger partial charge in [0.15, 0.2) is 10.9 Å². The van der Waals surface area contributed by atoms with E-state index in [9.17, 15) is 9.59 Å². The smallest absolute Gasteiger partial charge is 0.305 e. The molecule has 0 aliphatic carbocycles. The lowest BCUT2D eigenvalue weighted by Crippen LogP contribution is -2.48. The van der Waals surface area contributed by atoms with E-state index < -0.39 is 11.8 Å². The molecule has 2 heterocycles. The van der Waals surface area contributed by atoms with Crippen molar-refractivity contribution in [2.45, 2.75) is 6.92 Å². The number of furan rings is 1. The molecule has 3 N–H and O–H groups in total. The molecule has 0 saturated heterocycles. The molecule has 2 amide bonds. The van der Waals surface area contributed by atoms with Crippen LogP contribution in [0.2, 0.25) is 0 Å². The van der Waals surface area contributed by atoms with Gasteiger partial charge in [-0.1, -0.05) is 48.5 Å². The van der Waals surface area contributed by atoms with Gasteiger partial charge in [-0.15, -0.1) is 0 Å². The maximum Gasteiger partial charge on any atom is 0.305 e. The fraction of sp³-hybridized carbons (Fsp3) is 0.0435. The molecule has 8 heteroatoms. The van der Waals surface area contributed by atoms with Gasteiger partial charge in [-0.25, -0.2) is 4.98 Å². The highest BCUT2D eigenvalue weighted by atomic mass is 32.1. The second-order valence-corrected chi connectivity index (χ2v) is 7.12. The number of nitrogens with zero attached hydrogens (tertiary/aromatic N) is 1. The Hall–Kier alpha value is -4.04. The Bertz CT molecular complexity index is 1280. The first-order chi connectivity index (χ1) is 15.0. The van der Waals surface area contributed by atoms with E-state index in [1.165, 1.54) is 0 Å². The van der Waals surface area contributed by atoms with Crippen LogP contribution in [0.15, 0.2) is 77.2 Å². The number of aromatic nitrogens is 1. The van der Waals surface area contributed by atoms with Crippen molar-refractivity contribution in [3.05, 3.63) is 89.9 Å². The Labute approximate surface area is 183 Å². The number of nitrogens with one attached hydrogen (secondary N) is 3. The van der Waals surface area contributed by atoms with Crippen LogP contribution in [0.5, 0.6) is 0 Å². The van der Waals surface area contributed by atoms with E-state index in [2.05, 4.69) is 21.2 Å². The zero-order valence-corrected chi connectivity index (χ0v) is 17.3. The van der Waals surface area contributed by atoms with Crippen molar-refractivity contribution in [3.8, 4) is 11.3 Å². The summed E-state index contributed by atoms with van der Waals surface area (Å²) in [6.07, 6.45) is 0. The summed E-state index contributed by atoms with van der Waals surface area (Å²) in [4.78, 5) is 29.7. The zero-order chi connectivity index (χ0) is 21.8. The highest BCUT2D eigenvalue weighted by Gasteiger charge is 2.16. The van der Waals surface area contributed by atoms with Crippen LogP contribution in [0, 0.1) is 6.92 Å². The highest BCUT2D eigenvalue weighted by molar-refractivity contribution is 7.80. The number of amides is 2. The number of thiocarbonyl (C=S) groups is 1. The molecule has 2 aromatic heterocycles. The molecule has 2 aromatic carbocycles. The van der Waals surface area contributed by atoms with Gasteiger partial charge >= 0.3 is 5.91 Å². The molecule has 0 aliphatic heterocycles. The number of carbonyl (C=O) groups is 2. The van der Waals surface area contributed by atoms with E-state index in [0.29, 0.717) is 27.9 Å². The third-order valence-corrected chi connectivity index (χ3v) is 4.72. The van der Waals surface area contributed by atoms with Crippen LogP contribution >= 0.6 is 12.2 Å². The summed E-state index contributed by atoms with van der Waals surface area (Å²) in [7, 11) is 0. The largest absolute Gasteiger partial charge is 0.456 e. The summed E-state index contributed by atoms with van der Waals surface area (Å²) in [6.45, 7) is 1.73. The number of benzene rings is 2. The molecular weight excluding hydrogens is 412 g/mol. The second kappa shape index (κ2) is 8.76. The minimum Gasteiger partial charge on any atom is -0.456 e. The number of pyridine rings is 1. The van der Waals surface area contributed by atoms with Crippen LogP contribution in [0.4, 0.5) is 0 Å². The van der Waals surface area contributed by atoms with Gasteiger partial charge in [-0.3, -0.25) is 25.8 Å². The average molecular weight is 430 g/mol. The predicted octanol–water partition coefficient (Wildman–Crippen LogP) is 3.75. The number of fused-ring (bicyclic) bond motifs is 1. The summed E-state index contributed by atoms with van der Waals surface area (Å²) in [5.74, 6) is -0.187. The topological polar surface area (TPSA) is 96.3 Å². The number of hydrogen-bond acceptors (Lipinski definition) is 5. The molecule has 0 bridgehead atoms. The monoisotopic (exact) mass is 430 g/mol. The fourth-order valence-corrected chi connectivity index (χ4v) is 3.20. The van der Waals surface area contributed by atoms with Crippen molar-refractivity contribution in [2.24, 2.45) is 0 Å². The Morgan fingerprint density at radius 2 is 1.65 bits per heavy atom. The van der Waals surface area contributed by atoms with Gasteiger partial charge in [0.2, 0.25) is 0 Å². The molecule has 0 radical (unpaired) electrons. The number of carbonyl (C=O) groups excluding carboxylic acids is 2. The summed E-state index contributed by atoms with van der Waals surface area (Å²) in [5.41, 5.74) is 7.57. The number of hydrazine groups is 1. The second-order valence-electron chi connectivity index (χ2n) is 6.71. The molecule has 31 heavy (non-hydrogen) atoms. The van der Waals surface area contributed by atoms with Crippen molar-refractivity contribution in [1.82, 2.24) is 21.2 Å². The molecule has 154 valence electrons. The van der Waals surface area contributed by atoms with Gasteiger partial charge in [-0.2, -0.15) is 0 Å². The summed E-state index contributed by atoms with van der Waals surface area (Å²) >= 11 is 5.15. The molecule has 4 aromatic rings. The molecule has 4 rings (SSSR count). The normalized spacial score (nSPS) is 10.5. The van der Waals surface area contributed by atoms with Gasteiger partial charge < -0.3 is 4.42 Å². The van der Waals surface area contributed by atoms with Crippen molar-refractivity contribution in [2.75, 3.05) is 0 Å². The molecule has 7 nitrogen and oxygen atoms in total. The summed E-state index contributed by atoms with van der Waals surface area (Å²) in [5, 5.41) is 3.23. The van der Waals surface area contributed by atoms with Crippen LogP contribution in [0.25, 0.3) is 22.2 Å². The van der Waals surface area contributed by atoms with Crippen LogP contribution in [-0.4, -0.2) is 21.9 Å². The molecule has 0 atom stereocenters. The maximum atomic E-state index is 13.0. The van der Waals surface area contributed by atoms with Gasteiger partial charge in [0, 0.05) is 10.9 Å². The number of hydrogen-bond donors (Lipinski definition) is 3. The molecule has 0 fully saturated rings. The summed E-state index contributed by atoms with van der Waals surface area (Å²) < 4.78 is 5.24. The third kappa shape index (κ3) is 4.59. The Morgan fingerprint density at radius 3 is 2.39 bits per heavy atom.